The molecule has 0 radical (unpaired) electrons. The van der Waals surface area contributed by atoms with Crippen molar-refractivity contribution in [2.45, 2.75) is 5.03 Å². The lowest BCUT2D eigenvalue weighted by Crippen LogP contribution is -2.01. The largest absolute Gasteiger partial charge is 0.493 e. The fourth-order valence-electron chi connectivity index (χ4n) is 1.45. The van der Waals surface area contributed by atoms with Gasteiger partial charge in [-0.15, -0.1) is 11.8 Å². The van der Waals surface area contributed by atoms with Crippen LogP contribution in [-0.4, -0.2) is 28.4 Å². The molecule has 0 aliphatic rings. The Hall–Kier alpha value is -1.72. The monoisotopic (exact) mass is 309 g/mol. The Morgan fingerprint density at radius 3 is 2.60 bits per heavy atom. The van der Waals surface area contributed by atoms with Crippen molar-refractivity contribution in [1.29, 1.82) is 0 Å². The number of carbonyl (C=O) groups is 1. The number of carboxylic acid groups (broad SMARTS) is 1. The van der Waals surface area contributed by atoms with Crippen LogP contribution in [0.1, 0.15) is 10.4 Å². The van der Waals surface area contributed by atoms with Crippen molar-refractivity contribution < 1.29 is 14.6 Å². The maximum absolute atomic E-state index is 10.7. The summed E-state index contributed by atoms with van der Waals surface area (Å²) in [6.45, 7) is 0.515. The molecule has 4 nitrogen and oxygen atoms in total. The summed E-state index contributed by atoms with van der Waals surface area (Å²) in [5, 5.41) is 10.3. The standard InChI is InChI=1S/C14H12ClNO3S/c15-11-3-6-13(16-9-11)20-8-7-19-12-4-1-10(2-5-12)14(17)18/h1-6,9H,7-8H2,(H,17,18). The normalized spacial score (nSPS) is 10.2. The Bertz CT molecular complexity index is 572. The molecule has 6 heteroatoms. The quantitative estimate of drug-likeness (QED) is 0.652. The third-order valence-corrected chi connectivity index (χ3v) is 3.54. The molecule has 0 amide bonds. The molecule has 0 saturated heterocycles. The second-order valence-corrected chi connectivity index (χ2v) is 5.39. The zero-order chi connectivity index (χ0) is 14.4. The van der Waals surface area contributed by atoms with Gasteiger partial charge in [0.05, 0.1) is 22.2 Å². The zero-order valence-electron chi connectivity index (χ0n) is 10.5. The van der Waals surface area contributed by atoms with Crippen molar-refractivity contribution in [2.24, 2.45) is 0 Å². The van der Waals surface area contributed by atoms with Gasteiger partial charge in [-0.2, -0.15) is 0 Å². The number of ether oxygens (including phenoxy) is 1. The van der Waals surface area contributed by atoms with Crippen LogP contribution < -0.4 is 4.74 Å². The summed E-state index contributed by atoms with van der Waals surface area (Å²) in [7, 11) is 0. The number of aromatic carboxylic acids is 1. The van der Waals surface area contributed by atoms with Gasteiger partial charge >= 0.3 is 5.97 Å². The molecular weight excluding hydrogens is 298 g/mol. The summed E-state index contributed by atoms with van der Waals surface area (Å²) in [4.78, 5) is 14.9. The first-order chi connectivity index (χ1) is 9.65. The van der Waals surface area contributed by atoms with Gasteiger partial charge in [0.25, 0.3) is 0 Å². The molecular formula is C14H12ClNO3S. The van der Waals surface area contributed by atoms with E-state index in [4.69, 9.17) is 21.4 Å². The minimum Gasteiger partial charge on any atom is -0.493 e. The molecule has 0 unspecified atom stereocenters. The van der Waals surface area contributed by atoms with Crippen LogP contribution in [0.5, 0.6) is 5.75 Å². The van der Waals surface area contributed by atoms with Crippen LogP contribution >= 0.6 is 23.4 Å². The number of hydrogen-bond donors (Lipinski definition) is 1. The van der Waals surface area contributed by atoms with Crippen molar-refractivity contribution in [3.05, 3.63) is 53.2 Å². The Morgan fingerprint density at radius 1 is 1.25 bits per heavy atom. The van der Waals surface area contributed by atoms with E-state index in [1.165, 1.54) is 12.1 Å². The molecule has 0 fully saturated rings. The zero-order valence-corrected chi connectivity index (χ0v) is 12.0. The van der Waals surface area contributed by atoms with Gasteiger partial charge in [0.2, 0.25) is 0 Å². The average molecular weight is 310 g/mol. The molecule has 0 atom stereocenters. The lowest BCUT2D eigenvalue weighted by Gasteiger charge is -2.06. The third kappa shape index (κ3) is 4.43. The van der Waals surface area contributed by atoms with Crippen molar-refractivity contribution in [1.82, 2.24) is 4.98 Å². The highest BCUT2D eigenvalue weighted by atomic mass is 35.5. The van der Waals surface area contributed by atoms with E-state index in [2.05, 4.69) is 4.98 Å². The Morgan fingerprint density at radius 2 is 2.00 bits per heavy atom. The van der Waals surface area contributed by atoms with Gasteiger partial charge in [-0.05, 0) is 36.4 Å². The first kappa shape index (κ1) is 14.7. The van der Waals surface area contributed by atoms with E-state index in [9.17, 15) is 4.79 Å². The average Bonchev–Trinajstić information content (AvgIpc) is 2.46. The van der Waals surface area contributed by atoms with Crippen LogP contribution in [0.3, 0.4) is 0 Å². The molecule has 0 bridgehead atoms. The lowest BCUT2D eigenvalue weighted by molar-refractivity contribution is 0.0697. The molecule has 0 saturated carbocycles. The summed E-state index contributed by atoms with van der Waals surface area (Å²) >= 11 is 7.32. The number of aromatic nitrogens is 1. The fourth-order valence-corrected chi connectivity index (χ4v) is 2.23. The molecule has 1 aromatic heterocycles. The van der Waals surface area contributed by atoms with Crippen molar-refractivity contribution in [2.75, 3.05) is 12.4 Å². The van der Waals surface area contributed by atoms with Crippen molar-refractivity contribution in [3.8, 4) is 5.75 Å². The van der Waals surface area contributed by atoms with E-state index in [-0.39, 0.29) is 5.56 Å². The maximum Gasteiger partial charge on any atom is 0.335 e. The number of carboxylic acids is 1. The Balaban J connectivity index is 1.75. The van der Waals surface area contributed by atoms with Crippen LogP contribution in [-0.2, 0) is 0 Å². The smallest absolute Gasteiger partial charge is 0.335 e. The van der Waals surface area contributed by atoms with Gasteiger partial charge in [-0.3, -0.25) is 0 Å². The second-order valence-electron chi connectivity index (χ2n) is 3.84. The summed E-state index contributed by atoms with van der Waals surface area (Å²) in [5.74, 6) is 0.454. The van der Waals surface area contributed by atoms with Gasteiger partial charge in [-0.25, -0.2) is 9.78 Å². The van der Waals surface area contributed by atoms with E-state index >= 15 is 0 Å². The van der Waals surface area contributed by atoms with Crippen LogP contribution in [0.25, 0.3) is 0 Å². The van der Waals surface area contributed by atoms with Gasteiger partial charge < -0.3 is 9.84 Å². The van der Waals surface area contributed by atoms with Crippen LogP contribution in [0.4, 0.5) is 0 Å². The van der Waals surface area contributed by atoms with E-state index in [0.29, 0.717) is 17.4 Å². The van der Waals surface area contributed by atoms with Crippen LogP contribution in [0, 0.1) is 0 Å². The minimum atomic E-state index is -0.944. The first-order valence-corrected chi connectivity index (χ1v) is 7.22. The number of pyridine rings is 1. The topological polar surface area (TPSA) is 59.4 Å². The molecule has 1 N–H and O–H groups in total. The Kier molecular flexibility index (Phi) is 5.26. The van der Waals surface area contributed by atoms with E-state index in [1.807, 2.05) is 6.07 Å². The third-order valence-electron chi connectivity index (χ3n) is 2.40. The first-order valence-electron chi connectivity index (χ1n) is 5.85. The van der Waals surface area contributed by atoms with Crippen molar-refractivity contribution in [3.63, 3.8) is 0 Å². The second kappa shape index (κ2) is 7.17. The van der Waals surface area contributed by atoms with E-state index in [1.54, 1.807) is 36.2 Å². The predicted octanol–water partition coefficient (Wildman–Crippen LogP) is 3.60. The van der Waals surface area contributed by atoms with E-state index < -0.39 is 5.97 Å². The van der Waals surface area contributed by atoms with Gasteiger partial charge in [-0.1, -0.05) is 11.6 Å². The summed E-state index contributed by atoms with van der Waals surface area (Å²) in [6.07, 6.45) is 1.61. The molecule has 104 valence electrons. The van der Waals surface area contributed by atoms with Crippen LogP contribution in [0.15, 0.2) is 47.6 Å². The predicted molar refractivity (Wildman–Crippen MR) is 78.9 cm³/mol. The van der Waals surface area contributed by atoms with Gasteiger partial charge in [0.1, 0.15) is 5.75 Å². The number of rotatable bonds is 6. The fraction of sp³-hybridized carbons (Fsp3) is 0.143. The highest BCUT2D eigenvalue weighted by Crippen LogP contribution is 2.18. The number of thioether (sulfide) groups is 1. The number of hydrogen-bond acceptors (Lipinski definition) is 4. The number of nitrogens with zero attached hydrogens (tertiary/aromatic N) is 1. The molecule has 0 spiro atoms. The number of halogens is 1. The molecule has 0 aliphatic carbocycles. The highest BCUT2D eigenvalue weighted by Gasteiger charge is 2.02. The summed E-state index contributed by atoms with van der Waals surface area (Å²) in [6, 6.07) is 9.98. The molecule has 1 aromatic carbocycles. The molecule has 0 aliphatic heterocycles. The van der Waals surface area contributed by atoms with Gasteiger partial charge in [0, 0.05) is 11.9 Å². The lowest BCUT2D eigenvalue weighted by atomic mass is 10.2. The highest BCUT2D eigenvalue weighted by molar-refractivity contribution is 7.99. The summed E-state index contributed by atoms with van der Waals surface area (Å²) < 4.78 is 5.52. The maximum atomic E-state index is 10.7. The SMILES string of the molecule is O=C(O)c1ccc(OCCSc2ccc(Cl)cn2)cc1. The Labute approximate surface area is 125 Å². The molecule has 2 aromatic rings. The molecule has 2 rings (SSSR count). The molecule has 1 heterocycles. The van der Waals surface area contributed by atoms with Gasteiger partial charge in [0.15, 0.2) is 0 Å². The minimum absolute atomic E-state index is 0.247. The van der Waals surface area contributed by atoms with E-state index in [0.717, 1.165) is 10.8 Å². The molecule has 20 heavy (non-hydrogen) atoms. The van der Waals surface area contributed by atoms with Crippen LogP contribution in [0.2, 0.25) is 5.02 Å². The van der Waals surface area contributed by atoms with Crippen molar-refractivity contribution >= 4 is 29.3 Å². The number of benzene rings is 1. The summed E-state index contributed by atoms with van der Waals surface area (Å²) in [5.41, 5.74) is 0.247.